The summed E-state index contributed by atoms with van der Waals surface area (Å²) in [6.07, 6.45) is 1.38. The van der Waals surface area contributed by atoms with Crippen molar-refractivity contribution in [3.8, 4) is 29.0 Å². The molecule has 0 bridgehead atoms. The van der Waals surface area contributed by atoms with Gasteiger partial charge in [0.25, 0.3) is 5.71 Å². The van der Waals surface area contributed by atoms with E-state index in [0.717, 1.165) is 12.1 Å². The number of carboxylic acid groups (broad SMARTS) is 1. The number of hydrogen-bond acceptors (Lipinski definition) is 7. The minimum atomic E-state index is -1.07. The Hall–Kier alpha value is -4.08. The van der Waals surface area contributed by atoms with Crippen LogP contribution in [-0.2, 0) is 4.79 Å². The summed E-state index contributed by atoms with van der Waals surface area (Å²) in [5.74, 6) is -2.34. The molecule has 0 aliphatic rings. The maximum absolute atomic E-state index is 13.3. The number of carbonyl (C=O) groups is 1. The molecule has 2 aromatic heterocycles. The number of aromatic nitrogens is 3. The average Bonchev–Trinajstić information content (AvgIpc) is 3.13. The number of rotatable bonds is 6. The van der Waals surface area contributed by atoms with Crippen molar-refractivity contribution in [2.75, 3.05) is 6.61 Å². The summed E-state index contributed by atoms with van der Waals surface area (Å²) in [4.78, 5) is 23.2. The van der Waals surface area contributed by atoms with Gasteiger partial charge in [0.2, 0.25) is 5.89 Å². The number of hydrogen-bond donors (Lipinski definition) is 1. The SMILES string of the molecule is Cc1cc(-c2nc3cnc(Oc4ccc(F)c(F)c4)nc3o2)cc(C)c1OCC(=O)O. The van der Waals surface area contributed by atoms with E-state index < -0.39 is 24.2 Å². The van der Waals surface area contributed by atoms with Gasteiger partial charge in [0, 0.05) is 11.6 Å². The van der Waals surface area contributed by atoms with Gasteiger partial charge in [-0.1, -0.05) is 0 Å². The van der Waals surface area contributed by atoms with Gasteiger partial charge < -0.3 is 19.0 Å². The molecule has 4 aromatic rings. The van der Waals surface area contributed by atoms with Crippen molar-refractivity contribution in [3.05, 3.63) is 59.3 Å². The van der Waals surface area contributed by atoms with Gasteiger partial charge in [0.1, 0.15) is 17.0 Å². The molecular weight excluding hydrogens is 412 g/mol. The summed E-state index contributed by atoms with van der Waals surface area (Å²) in [6, 6.07) is 6.45. The molecule has 1 N–H and O–H groups in total. The van der Waals surface area contributed by atoms with Crippen LogP contribution in [0.5, 0.6) is 17.5 Å². The molecule has 0 aliphatic carbocycles. The highest BCUT2D eigenvalue weighted by Gasteiger charge is 2.16. The molecule has 158 valence electrons. The summed E-state index contributed by atoms with van der Waals surface area (Å²) >= 11 is 0. The quantitative estimate of drug-likeness (QED) is 0.481. The van der Waals surface area contributed by atoms with Crippen LogP contribution in [0.1, 0.15) is 11.1 Å². The molecule has 2 aromatic carbocycles. The molecule has 0 unspecified atom stereocenters. The fourth-order valence-corrected chi connectivity index (χ4v) is 2.97. The highest BCUT2D eigenvalue weighted by atomic mass is 19.2. The average molecular weight is 427 g/mol. The van der Waals surface area contributed by atoms with Gasteiger partial charge >= 0.3 is 12.0 Å². The largest absolute Gasteiger partial charge is 0.481 e. The molecule has 31 heavy (non-hydrogen) atoms. The first-order valence-electron chi connectivity index (χ1n) is 9.03. The fourth-order valence-electron chi connectivity index (χ4n) is 2.97. The van der Waals surface area contributed by atoms with Crippen LogP contribution in [0.2, 0.25) is 0 Å². The van der Waals surface area contributed by atoms with Crippen molar-refractivity contribution in [1.82, 2.24) is 15.0 Å². The lowest BCUT2D eigenvalue weighted by Crippen LogP contribution is -2.10. The van der Waals surface area contributed by atoms with Crippen LogP contribution in [0.15, 0.2) is 40.9 Å². The van der Waals surface area contributed by atoms with Gasteiger partial charge in [-0.25, -0.2) is 23.5 Å². The van der Waals surface area contributed by atoms with E-state index in [2.05, 4.69) is 15.0 Å². The third-order valence-electron chi connectivity index (χ3n) is 4.28. The minimum absolute atomic E-state index is 0.0289. The predicted molar refractivity (Wildman–Crippen MR) is 104 cm³/mol. The lowest BCUT2D eigenvalue weighted by Gasteiger charge is -2.11. The lowest BCUT2D eigenvalue weighted by molar-refractivity contribution is -0.139. The topological polar surface area (TPSA) is 108 Å². The van der Waals surface area contributed by atoms with E-state index in [1.54, 1.807) is 26.0 Å². The number of nitrogens with zero attached hydrogens (tertiary/aromatic N) is 3. The van der Waals surface area contributed by atoms with Crippen LogP contribution in [0.25, 0.3) is 22.7 Å². The monoisotopic (exact) mass is 427 g/mol. The maximum atomic E-state index is 13.3. The van der Waals surface area contributed by atoms with Gasteiger partial charge in [-0.05, 0) is 49.2 Å². The zero-order valence-electron chi connectivity index (χ0n) is 16.3. The van der Waals surface area contributed by atoms with Crippen LogP contribution in [0.3, 0.4) is 0 Å². The van der Waals surface area contributed by atoms with Crippen molar-refractivity contribution in [1.29, 1.82) is 0 Å². The van der Waals surface area contributed by atoms with Crippen LogP contribution >= 0.6 is 0 Å². The molecule has 4 rings (SSSR count). The van der Waals surface area contributed by atoms with Crippen LogP contribution in [0, 0.1) is 25.5 Å². The maximum Gasteiger partial charge on any atom is 0.341 e. The molecule has 0 fully saturated rings. The van der Waals surface area contributed by atoms with Crippen molar-refractivity contribution >= 4 is 17.2 Å². The van der Waals surface area contributed by atoms with E-state index >= 15 is 0 Å². The summed E-state index contributed by atoms with van der Waals surface area (Å²) in [6.45, 7) is 3.12. The zero-order valence-corrected chi connectivity index (χ0v) is 16.3. The fraction of sp³-hybridized carbons (Fsp3) is 0.143. The van der Waals surface area contributed by atoms with Crippen molar-refractivity contribution in [2.45, 2.75) is 13.8 Å². The van der Waals surface area contributed by atoms with Gasteiger partial charge in [-0.15, -0.1) is 0 Å². The molecular formula is C21H15F2N3O5. The Bertz CT molecular complexity index is 1280. The van der Waals surface area contributed by atoms with Crippen molar-refractivity contribution < 1.29 is 32.6 Å². The van der Waals surface area contributed by atoms with Gasteiger partial charge in [-0.2, -0.15) is 4.98 Å². The van der Waals surface area contributed by atoms with Crippen molar-refractivity contribution in [2.24, 2.45) is 0 Å². The third kappa shape index (κ3) is 4.27. The highest BCUT2D eigenvalue weighted by Crippen LogP contribution is 2.31. The Morgan fingerprint density at radius 3 is 2.52 bits per heavy atom. The molecule has 10 heteroatoms. The zero-order chi connectivity index (χ0) is 22.1. The molecule has 0 spiro atoms. The lowest BCUT2D eigenvalue weighted by atomic mass is 10.1. The Morgan fingerprint density at radius 2 is 1.84 bits per heavy atom. The van der Waals surface area contributed by atoms with Crippen LogP contribution in [-0.4, -0.2) is 32.6 Å². The smallest absolute Gasteiger partial charge is 0.341 e. The highest BCUT2D eigenvalue weighted by molar-refractivity contribution is 5.73. The Balaban J connectivity index is 1.62. The molecule has 0 atom stereocenters. The normalized spacial score (nSPS) is 11.0. The first kappa shape index (κ1) is 20.2. The van der Waals surface area contributed by atoms with Crippen LogP contribution < -0.4 is 9.47 Å². The minimum Gasteiger partial charge on any atom is -0.481 e. The molecule has 0 saturated heterocycles. The number of aliphatic carboxylic acids is 1. The summed E-state index contributed by atoms with van der Waals surface area (Å²) in [7, 11) is 0. The molecule has 2 heterocycles. The van der Waals surface area contributed by atoms with Gasteiger partial charge in [0.15, 0.2) is 18.2 Å². The number of aryl methyl sites for hydroxylation is 2. The number of benzene rings is 2. The Labute approximate surface area is 174 Å². The number of ether oxygens (including phenoxy) is 2. The molecule has 0 aliphatic heterocycles. The summed E-state index contributed by atoms with van der Waals surface area (Å²) in [5, 5.41) is 8.80. The van der Waals surface area contributed by atoms with Gasteiger partial charge in [0.05, 0.1) is 6.20 Å². The second-order valence-electron chi connectivity index (χ2n) is 6.66. The molecule has 0 amide bonds. The summed E-state index contributed by atoms with van der Waals surface area (Å²) < 4.78 is 42.8. The first-order chi connectivity index (χ1) is 14.8. The molecule has 0 saturated carbocycles. The summed E-state index contributed by atoms with van der Waals surface area (Å²) in [5.41, 5.74) is 2.58. The first-order valence-corrected chi connectivity index (χ1v) is 9.03. The van der Waals surface area contributed by atoms with E-state index in [4.69, 9.17) is 19.0 Å². The van der Waals surface area contributed by atoms with E-state index in [0.29, 0.717) is 28.0 Å². The number of carboxylic acids is 1. The second-order valence-corrected chi connectivity index (χ2v) is 6.66. The second kappa shape index (κ2) is 7.98. The predicted octanol–water partition coefficient (Wildman–Crippen LogP) is 4.44. The van der Waals surface area contributed by atoms with E-state index in [1.807, 2.05) is 0 Å². The number of halogens is 2. The van der Waals surface area contributed by atoms with E-state index in [9.17, 15) is 13.6 Å². The number of oxazole rings is 1. The standard InChI is InChI=1S/C21H15F2N3O5/c1-10-5-12(6-11(2)18(10)29-9-17(27)28)19-25-16-8-24-21(26-20(16)31-19)30-13-3-4-14(22)15(23)7-13/h3-8H,9H2,1-2H3,(H,27,28). The van der Waals surface area contributed by atoms with Gasteiger partial charge in [-0.3, -0.25) is 0 Å². The van der Waals surface area contributed by atoms with Crippen molar-refractivity contribution in [3.63, 3.8) is 0 Å². The van der Waals surface area contributed by atoms with Crippen LogP contribution in [0.4, 0.5) is 8.78 Å². The Morgan fingerprint density at radius 1 is 1.10 bits per heavy atom. The van der Waals surface area contributed by atoms with E-state index in [1.165, 1.54) is 12.3 Å². The van der Waals surface area contributed by atoms with E-state index in [-0.39, 0.29) is 23.4 Å². The number of fused-ring (bicyclic) bond motifs is 1. The molecule has 0 radical (unpaired) electrons. The Kier molecular flexibility index (Phi) is 5.20. The molecule has 8 nitrogen and oxygen atoms in total. The third-order valence-corrected chi connectivity index (χ3v) is 4.28.